The molecule has 0 atom stereocenters. The number of amides is 1. The van der Waals surface area contributed by atoms with Gasteiger partial charge in [0.1, 0.15) is 0 Å². The highest BCUT2D eigenvalue weighted by Crippen LogP contribution is 2.34. The summed E-state index contributed by atoms with van der Waals surface area (Å²) in [7, 11) is 0. The van der Waals surface area contributed by atoms with E-state index in [1.807, 2.05) is 24.3 Å². The third kappa shape index (κ3) is 6.98. The van der Waals surface area contributed by atoms with Gasteiger partial charge in [0.2, 0.25) is 0 Å². The van der Waals surface area contributed by atoms with E-state index in [0.717, 1.165) is 16.7 Å². The van der Waals surface area contributed by atoms with E-state index in [1.54, 1.807) is 24.3 Å². The SMILES string of the molecule is CC(C)(C)c1ccc(CN(CCc2ccc(Cl)cc2)C(=O)c2cc(C(F)(F)F)cc(Cl)c2F)cc1. The van der Waals surface area contributed by atoms with Crippen LogP contribution in [0.4, 0.5) is 17.6 Å². The van der Waals surface area contributed by atoms with Crippen LogP contribution in [0.5, 0.6) is 0 Å². The highest BCUT2D eigenvalue weighted by molar-refractivity contribution is 6.31. The molecule has 0 saturated heterocycles. The van der Waals surface area contributed by atoms with Crippen LogP contribution in [0.3, 0.4) is 0 Å². The lowest BCUT2D eigenvalue weighted by Gasteiger charge is -2.25. The first-order valence-corrected chi connectivity index (χ1v) is 11.7. The molecule has 2 nitrogen and oxygen atoms in total. The fourth-order valence-corrected chi connectivity index (χ4v) is 3.92. The van der Waals surface area contributed by atoms with Crippen molar-refractivity contribution in [1.82, 2.24) is 4.90 Å². The Morgan fingerprint density at radius 3 is 1.97 bits per heavy atom. The summed E-state index contributed by atoms with van der Waals surface area (Å²) in [6.45, 7) is 6.46. The maximum absolute atomic E-state index is 14.7. The molecule has 3 aromatic rings. The standard InChI is InChI=1S/C27H25Cl2F4NO/c1-26(2,3)19-8-4-18(5-9-19)16-34(13-12-17-6-10-21(28)11-7-17)25(35)22-14-20(27(31,32)33)15-23(29)24(22)30/h4-11,14-15H,12-13,16H2,1-3H3. The number of nitrogens with zero attached hydrogens (tertiary/aromatic N) is 1. The van der Waals surface area contributed by atoms with Gasteiger partial charge >= 0.3 is 6.18 Å². The molecule has 1 amide bonds. The highest BCUT2D eigenvalue weighted by atomic mass is 35.5. The lowest BCUT2D eigenvalue weighted by atomic mass is 9.87. The number of carbonyl (C=O) groups is 1. The van der Waals surface area contributed by atoms with E-state index in [2.05, 4.69) is 20.8 Å². The van der Waals surface area contributed by atoms with Crippen LogP contribution >= 0.6 is 23.2 Å². The maximum atomic E-state index is 14.7. The van der Waals surface area contributed by atoms with Crippen molar-refractivity contribution in [2.45, 2.75) is 45.3 Å². The van der Waals surface area contributed by atoms with Crippen molar-refractivity contribution < 1.29 is 22.4 Å². The fourth-order valence-electron chi connectivity index (χ4n) is 3.58. The summed E-state index contributed by atoms with van der Waals surface area (Å²) >= 11 is 11.7. The van der Waals surface area contributed by atoms with Crippen LogP contribution in [0.2, 0.25) is 10.0 Å². The first kappa shape index (κ1) is 27.0. The molecule has 8 heteroatoms. The quantitative estimate of drug-likeness (QED) is 0.296. The summed E-state index contributed by atoms with van der Waals surface area (Å²) in [6, 6.07) is 15.6. The average molecular weight is 526 g/mol. The summed E-state index contributed by atoms with van der Waals surface area (Å²) in [5.74, 6) is -2.05. The molecule has 0 heterocycles. The summed E-state index contributed by atoms with van der Waals surface area (Å²) in [5.41, 5.74) is 0.766. The van der Waals surface area contributed by atoms with Gasteiger partial charge in [-0.1, -0.05) is 80.4 Å². The topological polar surface area (TPSA) is 20.3 Å². The number of hydrogen-bond donors (Lipinski definition) is 0. The van der Waals surface area contributed by atoms with Crippen LogP contribution in [0.1, 0.15) is 53.4 Å². The van der Waals surface area contributed by atoms with E-state index < -0.39 is 34.1 Å². The number of alkyl halides is 3. The minimum Gasteiger partial charge on any atom is -0.334 e. The van der Waals surface area contributed by atoms with Crippen molar-refractivity contribution in [2.75, 3.05) is 6.54 Å². The molecule has 0 N–H and O–H groups in total. The molecule has 0 unspecified atom stereocenters. The molecule has 0 bridgehead atoms. The van der Waals surface area contributed by atoms with E-state index in [9.17, 15) is 22.4 Å². The molecule has 3 aromatic carbocycles. The van der Waals surface area contributed by atoms with Crippen molar-refractivity contribution in [3.8, 4) is 0 Å². The van der Waals surface area contributed by atoms with Gasteiger partial charge in [-0.15, -0.1) is 0 Å². The van der Waals surface area contributed by atoms with E-state index >= 15 is 0 Å². The Kier molecular flexibility index (Phi) is 8.17. The predicted octanol–water partition coefficient (Wildman–Crippen LogP) is 8.33. The second-order valence-corrected chi connectivity index (χ2v) is 10.2. The van der Waals surface area contributed by atoms with Crippen LogP contribution in [0.25, 0.3) is 0 Å². The Bertz CT molecular complexity index is 1180. The zero-order chi connectivity index (χ0) is 26.0. The predicted molar refractivity (Wildman–Crippen MR) is 131 cm³/mol. The zero-order valence-electron chi connectivity index (χ0n) is 19.5. The minimum atomic E-state index is -4.77. The number of halogens is 6. The molecule has 0 aliphatic heterocycles. The van der Waals surface area contributed by atoms with E-state index in [0.29, 0.717) is 23.6 Å². The molecule has 0 aromatic heterocycles. The minimum absolute atomic E-state index is 0.0689. The number of hydrogen-bond acceptors (Lipinski definition) is 1. The molecule has 0 fully saturated rings. The van der Waals surface area contributed by atoms with Gasteiger partial charge in [-0.2, -0.15) is 13.2 Å². The third-order valence-electron chi connectivity index (χ3n) is 5.65. The zero-order valence-corrected chi connectivity index (χ0v) is 21.0. The van der Waals surface area contributed by atoms with Gasteiger partial charge in [0.05, 0.1) is 16.1 Å². The maximum Gasteiger partial charge on any atom is 0.416 e. The summed E-state index contributed by atoms with van der Waals surface area (Å²) < 4.78 is 54.7. The largest absolute Gasteiger partial charge is 0.416 e. The smallest absolute Gasteiger partial charge is 0.334 e. The lowest BCUT2D eigenvalue weighted by molar-refractivity contribution is -0.137. The van der Waals surface area contributed by atoms with Crippen LogP contribution in [-0.2, 0) is 24.6 Å². The Hall–Kier alpha value is -2.57. The molecule has 0 aliphatic rings. The molecule has 186 valence electrons. The normalized spacial score (nSPS) is 12.0. The van der Waals surface area contributed by atoms with Crippen LogP contribution < -0.4 is 0 Å². The summed E-state index contributed by atoms with van der Waals surface area (Å²) in [4.78, 5) is 14.7. The Morgan fingerprint density at radius 2 is 1.43 bits per heavy atom. The van der Waals surface area contributed by atoms with Gasteiger partial charge in [-0.05, 0) is 52.8 Å². The van der Waals surface area contributed by atoms with Gasteiger partial charge in [0.25, 0.3) is 5.91 Å². The summed E-state index contributed by atoms with van der Waals surface area (Å²) in [5, 5.41) is -0.198. The number of carbonyl (C=O) groups excluding carboxylic acids is 1. The number of rotatable bonds is 6. The van der Waals surface area contributed by atoms with Gasteiger partial charge in [0.15, 0.2) is 5.82 Å². The first-order chi connectivity index (χ1) is 16.3. The molecular weight excluding hydrogens is 501 g/mol. The second kappa shape index (κ2) is 10.6. The van der Waals surface area contributed by atoms with Crippen molar-refractivity contribution in [3.63, 3.8) is 0 Å². The lowest BCUT2D eigenvalue weighted by Crippen LogP contribution is -2.33. The Balaban J connectivity index is 1.95. The second-order valence-electron chi connectivity index (χ2n) is 9.37. The van der Waals surface area contributed by atoms with Crippen molar-refractivity contribution in [3.05, 3.63) is 104 Å². The van der Waals surface area contributed by atoms with Crippen molar-refractivity contribution in [1.29, 1.82) is 0 Å². The molecule has 3 rings (SSSR count). The van der Waals surface area contributed by atoms with E-state index in [-0.39, 0.29) is 18.5 Å². The van der Waals surface area contributed by atoms with Crippen molar-refractivity contribution in [2.24, 2.45) is 0 Å². The molecule has 0 saturated carbocycles. The van der Waals surface area contributed by atoms with Gasteiger partial charge < -0.3 is 4.90 Å². The summed E-state index contributed by atoms with van der Waals surface area (Å²) in [6.07, 6.45) is -4.37. The van der Waals surface area contributed by atoms with Gasteiger partial charge in [0, 0.05) is 18.1 Å². The third-order valence-corrected chi connectivity index (χ3v) is 6.18. The molecule has 0 radical (unpaired) electrons. The van der Waals surface area contributed by atoms with Crippen LogP contribution in [-0.4, -0.2) is 17.4 Å². The first-order valence-electron chi connectivity index (χ1n) is 10.9. The Labute approximate surface area is 212 Å². The van der Waals surface area contributed by atoms with E-state index in [1.165, 1.54) is 4.90 Å². The van der Waals surface area contributed by atoms with Gasteiger partial charge in [-0.3, -0.25) is 4.79 Å². The number of benzene rings is 3. The van der Waals surface area contributed by atoms with Crippen LogP contribution in [0.15, 0.2) is 60.7 Å². The average Bonchev–Trinajstić information content (AvgIpc) is 2.78. The van der Waals surface area contributed by atoms with Crippen LogP contribution in [0, 0.1) is 5.82 Å². The van der Waals surface area contributed by atoms with Crippen molar-refractivity contribution >= 4 is 29.1 Å². The molecular formula is C27H25Cl2F4NO. The molecule has 0 aliphatic carbocycles. The Morgan fingerprint density at radius 1 is 0.857 bits per heavy atom. The van der Waals surface area contributed by atoms with E-state index in [4.69, 9.17) is 23.2 Å². The molecule has 35 heavy (non-hydrogen) atoms. The monoisotopic (exact) mass is 525 g/mol. The van der Waals surface area contributed by atoms with Gasteiger partial charge in [-0.25, -0.2) is 4.39 Å². The fraction of sp³-hybridized carbons (Fsp3) is 0.296. The highest BCUT2D eigenvalue weighted by Gasteiger charge is 2.34. The molecule has 0 spiro atoms.